The number of rotatable bonds is 0. The fourth-order valence-electron chi connectivity index (χ4n) is 0.887. The number of fused-ring (bicyclic) bond motifs is 1. The minimum Gasteiger partial charge on any atom is -0.269 e. The molecule has 0 saturated carbocycles. The maximum atomic E-state index is 4.13. The molecule has 2 rings (SSSR count). The highest BCUT2D eigenvalue weighted by Gasteiger charge is 2.01. The molecule has 2 heterocycles. The van der Waals surface area contributed by atoms with Crippen molar-refractivity contribution in [2.75, 3.05) is 0 Å². The summed E-state index contributed by atoms with van der Waals surface area (Å²) in [4.78, 5) is 4.13. The average Bonchev–Trinajstić information content (AvgIpc) is 2.33. The van der Waals surface area contributed by atoms with E-state index in [0.717, 1.165) is 20.0 Å². The van der Waals surface area contributed by atoms with Crippen molar-refractivity contribution >= 4 is 48.2 Å². The summed E-state index contributed by atoms with van der Waals surface area (Å²) < 4.78 is 1.04. The Labute approximate surface area is 79.3 Å². The van der Waals surface area contributed by atoms with Crippen LogP contribution < -0.4 is 5.30 Å². The van der Waals surface area contributed by atoms with Crippen molar-refractivity contribution in [3.8, 4) is 0 Å². The molecule has 0 spiro atoms. The van der Waals surface area contributed by atoms with Crippen LogP contribution in [0.4, 0.5) is 0 Å². The lowest BCUT2D eigenvalue weighted by atomic mass is 10.4. The predicted octanol–water partition coefficient (Wildman–Crippen LogP) is 1.06. The third kappa shape index (κ3) is 1.25. The quantitative estimate of drug-likeness (QED) is 0.578. The molecule has 0 amide bonds. The molecular weight excluding hydrogens is 272 g/mol. The summed E-state index contributed by atoms with van der Waals surface area (Å²) >= 11 is 2.20. The molecule has 2 aromatic rings. The minimum absolute atomic E-state index is 0.778. The van der Waals surface area contributed by atoms with Gasteiger partial charge >= 0.3 is 0 Å². The molecule has 0 aromatic carbocycles. The molecule has 1 atom stereocenters. The van der Waals surface area contributed by atoms with Crippen molar-refractivity contribution in [1.82, 2.24) is 15.2 Å². The fraction of sp³-hybridized carbons (Fsp3) is 0. The van der Waals surface area contributed by atoms with Gasteiger partial charge in [-0.25, -0.2) is 4.98 Å². The first kappa shape index (κ1) is 7.43. The van der Waals surface area contributed by atoms with E-state index in [4.69, 9.17) is 0 Å². The molecule has 1 unspecified atom stereocenters. The zero-order valence-corrected chi connectivity index (χ0v) is 8.82. The van der Waals surface area contributed by atoms with Crippen LogP contribution >= 0.6 is 31.8 Å². The van der Waals surface area contributed by atoms with Gasteiger partial charge in [-0.3, -0.25) is 5.10 Å². The molecule has 0 saturated heterocycles. The molecule has 0 aliphatic heterocycles. The van der Waals surface area contributed by atoms with Crippen LogP contribution in [0.15, 0.2) is 12.3 Å². The van der Waals surface area contributed by atoms with Crippen molar-refractivity contribution < 1.29 is 0 Å². The monoisotopic (exact) mass is 277 g/mol. The largest absolute Gasteiger partial charge is 0.269 e. The lowest BCUT2D eigenvalue weighted by molar-refractivity contribution is 1.08. The number of hydrogen-bond donors (Lipinski definition) is 1. The van der Waals surface area contributed by atoms with Crippen molar-refractivity contribution in [3.63, 3.8) is 0 Å². The standard InChI is InChI=1S/C6H5IN3P/c7-5-4-1-3(11)2-8-6(4)10-9-5/h1-2H,11H2,(H,8,9,10). The van der Waals surface area contributed by atoms with Gasteiger partial charge < -0.3 is 0 Å². The summed E-state index contributed by atoms with van der Waals surface area (Å²) in [5.74, 6) is 0. The van der Waals surface area contributed by atoms with Gasteiger partial charge in [-0.2, -0.15) is 5.10 Å². The van der Waals surface area contributed by atoms with E-state index in [-0.39, 0.29) is 0 Å². The normalized spacial score (nSPS) is 10.7. The van der Waals surface area contributed by atoms with Gasteiger partial charge in [0.15, 0.2) is 5.65 Å². The van der Waals surface area contributed by atoms with Crippen LogP contribution in [0.5, 0.6) is 0 Å². The summed E-state index contributed by atoms with van der Waals surface area (Å²) in [6.45, 7) is 0. The zero-order chi connectivity index (χ0) is 7.84. The summed E-state index contributed by atoms with van der Waals surface area (Å²) in [5.41, 5.74) is 0.778. The molecule has 5 heteroatoms. The summed E-state index contributed by atoms with van der Waals surface area (Å²) in [7, 11) is 2.61. The highest BCUT2D eigenvalue weighted by Crippen LogP contribution is 2.13. The number of aromatic amines is 1. The molecular formula is C6H5IN3P. The van der Waals surface area contributed by atoms with Crippen LogP contribution in [0.3, 0.4) is 0 Å². The van der Waals surface area contributed by atoms with Gasteiger partial charge in [0.05, 0.1) is 5.39 Å². The van der Waals surface area contributed by atoms with E-state index in [2.05, 4.69) is 47.0 Å². The number of nitrogens with zero attached hydrogens (tertiary/aromatic N) is 2. The number of pyridine rings is 1. The fourth-order valence-corrected chi connectivity index (χ4v) is 1.65. The second-order valence-corrected chi connectivity index (χ2v) is 3.92. The molecule has 0 aliphatic carbocycles. The van der Waals surface area contributed by atoms with Crippen molar-refractivity contribution in [2.24, 2.45) is 0 Å². The second-order valence-electron chi connectivity index (χ2n) is 2.18. The maximum absolute atomic E-state index is 4.13. The number of hydrogen-bond acceptors (Lipinski definition) is 2. The Morgan fingerprint density at radius 2 is 2.36 bits per heavy atom. The lowest BCUT2D eigenvalue weighted by Gasteiger charge is -1.89. The van der Waals surface area contributed by atoms with Crippen LogP contribution in [0, 0.1) is 3.70 Å². The van der Waals surface area contributed by atoms with E-state index >= 15 is 0 Å². The Bertz CT molecular complexity index is 398. The van der Waals surface area contributed by atoms with Gasteiger partial charge in [0.25, 0.3) is 0 Å². The first-order valence-corrected chi connectivity index (χ1v) is 4.68. The van der Waals surface area contributed by atoms with Crippen LogP contribution in [-0.2, 0) is 0 Å². The van der Waals surface area contributed by atoms with E-state index in [1.54, 1.807) is 6.20 Å². The summed E-state index contributed by atoms with van der Waals surface area (Å²) in [5, 5.41) is 9.04. The number of halogens is 1. The third-order valence-corrected chi connectivity index (χ3v) is 2.52. The van der Waals surface area contributed by atoms with Crippen molar-refractivity contribution in [1.29, 1.82) is 0 Å². The average molecular weight is 277 g/mol. The molecule has 0 fully saturated rings. The van der Waals surface area contributed by atoms with E-state index in [1.165, 1.54) is 0 Å². The van der Waals surface area contributed by atoms with Gasteiger partial charge in [-0.05, 0) is 34.0 Å². The Morgan fingerprint density at radius 1 is 1.55 bits per heavy atom. The maximum Gasteiger partial charge on any atom is 0.182 e. The van der Waals surface area contributed by atoms with Gasteiger partial charge in [0.2, 0.25) is 0 Å². The van der Waals surface area contributed by atoms with Gasteiger partial charge in [-0.1, -0.05) is 0 Å². The van der Waals surface area contributed by atoms with Crippen LogP contribution in [0.2, 0.25) is 0 Å². The van der Waals surface area contributed by atoms with Gasteiger partial charge in [0.1, 0.15) is 3.70 Å². The van der Waals surface area contributed by atoms with E-state index < -0.39 is 0 Å². The van der Waals surface area contributed by atoms with Crippen LogP contribution in [0.1, 0.15) is 0 Å². The smallest absolute Gasteiger partial charge is 0.182 e. The van der Waals surface area contributed by atoms with Gasteiger partial charge in [-0.15, -0.1) is 9.24 Å². The molecule has 2 aromatic heterocycles. The summed E-state index contributed by atoms with van der Waals surface area (Å²) in [6, 6.07) is 2.04. The molecule has 0 aliphatic rings. The molecule has 11 heavy (non-hydrogen) atoms. The van der Waals surface area contributed by atoms with Gasteiger partial charge in [0, 0.05) is 6.20 Å². The molecule has 3 nitrogen and oxygen atoms in total. The van der Waals surface area contributed by atoms with Crippen LogP contribution in [-0.4, -0.2) is 15.2 Å². The number of aromatic nitrogens is 3. The highest BCUT2D eigenvalue weighted by molar-refractivity contribution is 14.1. The Balaban J connectivity index is 2.87. The topological polar surface area (TPSA) is 41.6 Å². The highest BCUT2D eigenvalue weighted by atomic mass is 127. The molecule has 0 radical (unpaired) electrons. The number of nitrogens with one attached hydrogen (secondary N) is 1. The molecule has 56 valence electrons. The second kappa shape index (κ2) is 2.68. The Kier molecular flexibility index (Phi) is 1.81. The summed E-state index contributed by atoms with van der Waals surface area (Å²) in [6.07, 6.45) is 1.78. The molecule has 0 bridgehead atoms. The first-order valence-electron chi connectivity index (χ1n) is 3.02. The van der Waals surface area contributed by atoms with E-state index in [0.29, 0.717) is 0 Å². The minimum atomic E-state index is 0.778. The Hall–Kier alpha value is -0.220. The first-order chi connectivity index (χ1) is 5.27. The third-order valence-electron chi connectivity index (χ3n) is 1.38. The molecule has 1 N–H and O–H groups in total. The van der Waals surface area contributed by atoms with E-state index in [9.17, 15) is 0 Å². The van der Waals surface area contributed by atoms with E-state index in [1.807, 2.05) is 6.07 Å². The van der Waals surface area contributed by atoms with Crippen molar-refractivity contribution in [2.45, 2.75) is 0 Å². The SMILES string of the molecule is Pc1cnc2n[nH]c(I)c2c1. The lowest BCUT2D eigenvalue weighted by Crippen LogP contribution is -1.90. The van der Waals surface area contributed by atoms with Crippen molar-refractivity contribution in [3.05, 3.63) is 16.0 Å². The zero-order valence-electron chi connectivity index (χ0n) is 5.50. The number of H-pyrrole nitrogens is 1. The van der Waals surface area contributed by atoms with Crippen LogP contribution in [0.25, 0.3) is 11.0 Å². The Morgan fingerprint density at radius 3 is 3.18 bits per heavy atom. The predicted molar refractivity (Wildman–Crippen MR) is 55.9 cm³/mol.